The highest BCUT2D eigenvalue weighted by atomic mass is 35.5. The summed E-state index contributed by atoms with van der Waals surface area (Å²) in [6, 6.07) is 14.1. The average molecular weight is 619 g/mol. The number of sulfonamides is 1. The van der Waals surface area contributed by atoms with Crippen LogP contribution in [0.5, 0.6) is 5.75 Å². The molecule has 1 N–H and O–H groups in total. The normalized spacial score (nSPS) is 11.4. The van der Waals surface area contributed by atoms with Crippen LogP contribution in [0.15, 0.2) is 63.9 Å². The molecule has 0 atom stereocenters. The van der Waals surface area contributed by atoms with Gasteiger partial charge in [-0.15, -0.1) is 4.40 Å². The van der Waals surface area contributed by atoms with Crippen molar-refractivity contribution in [2.75, 3.05) is 32.2 Å². The van der Waals surface area contributed by atoms with Crippen LogP contribution in [-0.4, -0.2) is 53.1 Å². The first-order chi connectivity index (χ1) is 19.4. The van der Waals surface area contributed by atoms with Gasteiger partial charge in [0.05, 0.1) is 28.7 Å². The zero-order chi connectivity index (χ0) is 30.2. The van der Waals surface area contributed by atoms with Crippen LogP contribution in [0.25, 0.3) is 0 Å². The molecule has 0 unspecified atom stereocenters. The molecule has 214 valence electrons. The highest BCUT2D eigenvalue weighted by Gasteiger charge is 2.19. The van der Waals surface area contributed by atoms with Crippen LogP contribution in [0.4, 0.5) is 5.69 Å². The quantitative estimate of drug-likeness (QED) is 0.146. The maximum absolute atomic E-state index is 13.2. The Kier molecular flexibility index (Phi) is 10.7. The fourth-order valence-electron chi connectivity index (χ4n) is 3.40. The fourth-order valence-corrected chi connectivity index (χ4v) is 4.73. The molecule has 14 heteroatoms. The molecule has 0 fully saturated rings. The first-order valence-corrected chi connectivity index (χ1v) is 13.8. The summed E-state index contributed by atoms with van der Waals surface area (Å²) in [5.74, 6) is -1.08. The molecule has 0 aliphatic rings. The number of halogens is 2. The van der Waals surface area contributed by atoms with Crippen molar-refractivity contribution in [2.24, 2.45) is 4.40 Å². The van der Waals surface area contributed by atoms with E-state index in [1.807, 2.05) is 6.07 Å². The second kappa shape index (κ2) is 14.0. The van der Waals surface area contributed by atoms with Crippen molar-refractivity contribution in [2.45, 2.75) is 11.8 Å². The van der Waals surface area contributed by atoms with Gasteiger partial charge in [-0.3, -0.25) is 9.59 Å². The molecule has 3 aromatic carbocycles. The van der Waals surface area contributed by atoms with Crippen molar-refractivity contribution in [1.29, 1.82) is 5.26 Å². The van der Waals surface area contributed by atoms with E-state index < -0.39 is 34.4 Å². The average Bonchev–Trinajstić information content (AvgIpc) is 2.92. The highest BCUT2D eigenvalue weighted by molar-refractivity contribution is 7.90. The van der Waals surface area contributed by atoms with Crippen LogP contribution >= 0.6 is 23.2 Å². The number of ether oxygens (including phenoxy) is 3. The minimum Gasteiger partial charge on any atom is -0.597 e. The lowest BCUT2D eigenvalue weighted by molar-refractivity contribution is -0.250. The Bertz CT molecular complexity index is 1650. The number of hydrogen-bond acceptors (Lipinski definition) is 9. The number of nitrogens with zero attached hydrogens (tertiary/aromatic N) is 2. The largest absolute Gasteiger partial charge is 0.597 e. The SMILES string of the molecule is COCCO/C([O-])=N\S(=O)(=O)c1ccc(NC(=O)COc2ccc(Cl)cc2C(=O)c2cc(Cl)cc(C#N)c2)c(C)c1. The molecule has 0 aliphatic heterocycles. The van der Waals surface area contributed by atoms with Crippen molar-refractivity contribution in [1.82, 2.24) is 0 Å². The van der Waals surface area contributed by atoms with Crippen LogP contribution < -0.4 is 15.2 Å². The molecule has 3 aromatic rings. The first kappa shape index (κ1) is 31.4. The summed E-state index contributed by atoms with van der Waals surface area (Å²) >= 11 is 12.1. The van der Waals surface area contributed by atoms with Crippen molar-refractivity contribution < 1.29 is 37.3 Å². The number of benzene rings is 3. The summed E-state index contributed by atoms with van der Waals surface area (Å²) in [6.07, 6.45) is -1.28. The minimum absolute atomic E-state index is 0.0479. The summed E-state index contributed by atoms with van der Waals surface area (Å²) in [4.78, 5) is 25.5. The van der Waals surface area contributed by atoms with Gasteiger partial charge in [0, 0.05) is 35.0 Å². The number of nitrogens with one attached hydrogen (secondary N) is 1. The van der Waals surface area contributed by atoms with E-state index in [2.05, 4.69) is 14.5 Å². The molecular formula is C27H22Cl2N3O8S-. The summed E-state index contributed by atoms with van der Waals surface area (Å²) in [5.41, 5.74) is 1.00. The van der Waals surface area contributed by atoms with E-state index in [1.165, 1.54) is 61.7 Å². The number of carbonyl (C=O) groups is 2. The van der Waals surface area contributed by atoms with Gasteiger partial charge in [0.2, 0.25) is 0 Å². The van der Waals surface area contributed by atoms with Crippen molar-refractivity contribution >= 4 is 56.7 Å². The van der Waals surface area contributed by atoms with E-state index >= 15 is 0 Å². The van der Waals surface area contributed by atoms with Gasteiger partial charge in [0.25, 0.3) is 15.9 Å². The number of amides is 1. The molecule has 0 aliphatic carbocycles. The molecule has 0 heterocycles. The summed E-state index contributed by atoms with van der Waals surface area (Å²) < 4.78 is 42.9. The number of ketones is 1. The summed E-state index contributed by atoms with van der Waals surface area (Å²) in [5, 5.41) is 23.9. The summed E-state index contributed by atoms with van der Waals surface area (Å²) in [7, 11) is -2.96. The second-order valence-corrected chi connectivity index (χ2v) is 10.8. The molecule has 3 rings (SSSR count). The van der Waals surface area contributed by atoms with E-state index in [0.717, 1.165) is 0 Å². The van der Waals surface area contributed by atoms with Gasteiger partial charge in [-0.25, -0.2) is 0 Å². The van der Waals surface area contributed by atoms with Gasteiger partial charge in [-0.2, -0.15) is 13.7 Å². The van der Waals surface area contributed by atoms with Crippen molar-refractivity contribution in [3.05, 3.63) is 86.9 Å². The first-order valence-electron chi connectivity index (χ1n) is 11.7. The van der Waals surface area contributed by atoms with Gasteiger partial charge in [0.15, 0.2) is 18.5 Å². The zero-order valence-corrected chi connectivity index (χ0v) is 24.0. The smallest absolute Gasteiger partial charge is 0.284 e. The molecule has 0 saturated heterocycles. The van der Waals surface area contributed by atoms with E-state index in [-0.39, 0.29) is 56.3 Å². The van der Waals surface area contributed by atoms with Crippen LogP contribution in [0, 0.1) is 18.3 Å². The summed E-state index contributed by atoms with van der Waals surface area (Å²) in [6.45, 7) is 0.958. The number of nitriles is 1. The maximum Gasteiger partial charge on any atom is 0.284 e. The number of hydrogen-bond donors (Lipinski definition) is 1. The predicted molar refractivity (Wildman–Crippen MR) is 149 cm³/mol. The van der Waals surface area contributed by atoms with Crippen molar-refractivity contribution in [3.63, 3.8) is 0 Å². The maximum atomic E-state index is 13.2. The van der Waals surface area contributed by atoms with Gasteiger partial charge in [-0.05, 0) is 67.1 Å². The van der Waals surface area contributed by atoms with E-state index in [0.29, 0.717) is 5.56 Å². The van der Waals surface area contributed by atoms with Gasteiger partial charge >= 0.3 is 0 Å². The topological polar surface area (TPSA) is 167 Å². The Morgan fingerprint density at radius 3 is 2.49 bits per heavy atom. The van der Waals surface area contributed by atoms with Crippen LogP contribution in [-0.2, 0) is 24.3 Å². The lowest BCUT2D eigenvalue weighted by Gasteiger charge is -2.14. The Hall–Kier alpha value is -4.15. The molecule has 0 radical (unpaired) electrons. The molecule has 11 nitrogen and oxygen atoms in total. The van der Waals surface area contributed by atoms with E-state index in [4.69, 9.17) is 32.7 Å². The third kappa shape index (κ3) is 8.67. The van der Waals surface area contributed by atoms with Crippen LogP contribution in [0.2, 0.25) is 10.0 Å². The molecule has 0 bridgehead atoms. The highest BCUT2D eigenvalue weighted by Crippen LogP contribution is 2.27. The zero-order valence-electron chi connectivity index (χ0n) is 21.6. The molecule has 0 saturated carbocycles. The Balaban J connectivity index is 1.72. The minimum atomic E-state index is -4.35. The van der Waals surface area contributed by atoms with Gasteiger partial charge in [0.1, 0.15) is 5.75 Å². The number of anilines is 1. The molecule has 1 amide bonds. The number of methoxy groups -OCH3 is 1. The third-order valence-electron chi connectivity index (χ3n) is 5.31. The van der Waals surface area contributed by atoms with E-state index in [9.17, 15) is 28.4 Å². The Morgan fingerprint density at radius 2 is 1.80 bits per heavy atom. The van der Waals surface area contributed by atoms with E-state index in [1.54, 1.807) is 6.92 Å². The lowest BCUT2D eigenvalue weighted by Crippen LogP contribution is -2.24. The monoisotopic (exact) mass is 618 g/mol. The van der Waals surface area contributed by atoms with Crippen molar-refractivity contribution in [3.8, 4) is 11.8 Å². The predicted octanol–water partition coefficient (Wildman–Crippen LogP) is 3.49. The molecular weight excluding hydrogens is 597 g/mol. The second-order valence-electron chi connectivity index (χ2n) is 8.30. The Labute approximate surface area is 245 Å². The number of rotatable bonds is 11. The third-order valence-corrected chi connectivity index (χ3v) is 7.00. The molecule has 0 aromatic heterocycles. The fraction of sp³-hybridized carbons (Fsp3) is 0.185. The van der Waals surface area contributed by atoms with Crippen LogP contribution in [0.1, 0.15) is 27.0 Å². The molecule has 0 spiro atoms. The Morgan fingerprint density at radius 1 is 1.05 bits per heavy atom. The number of carbonyl (C=O) groups excluding carboxylic acids is 2. The number of aryl methyl sites for hydroxylation is 1. The van der Waals surface area contributed by atoms with Crippen LogP contribution in [0.3, 0.4) is 0 Å². The van der Waals surface area contributed by atoms with Gasteiger partial charge in [-0.1, -0.05) is 23.2 Å². The lowest BCUT2D eigenvalue weighted by atomic mass is 10.0. The standard InChI is InChI=1S/C27H23Cl2N3O8S/c1-16-9-21(41(36,37)32-27(35)39-8-7-38-2)4-5-23(16)31-25(33)15-40-24-6-3-19(28)13-22(24)26(34)18-10-17(14-30)11-20(29)12-18/h3-6,9-13H,7-8,15H2,1-2H3,(H,31,33)(H,32,35)/p-1. The molecule has 41 heavy (non-hydrogen) atoms. The van der Waals surface area contributed by atoms with Gasteiger partial charge < -0.3 is 24.6 Å².